The SMILES string of the molecule is Cc1ccc(Oc2ccnc(N)n2)c([N+](=O)[O-])c1. The molecule has 2 N–H and O–H groups in total. The minimum Gasteiger partial charge on any atom is -0.432 e. The molecule has 1 aromatic carbocycles. The highest BCUT2D eigenvalue weighted by Gasteiger charge is 2.16. The number of aryl methyl sites for hydroxylation is 1. The van der Waals surface area contributed by atoms with E-state index in [1.165, 1.54) is 24.4 Å². The van der Waals surface area contributed by atoms with Gasteiger partial charge in [0.05, 0.1) is 4.92 Å². The Kier molecular flexibility index (Phi) is 3.05. The molecule has 1 aromatic heterocycles. The van der Waals surface area contributed by atoms with E-state index in [0.29, 0.717) is 0 Å². The van der Waals surface area contributed by atoms with Gasteiger partial charge in [-0.15, -0.1) is 0 Å². The summed E-state index contributed by atoms with van der Waals surface area (Å²) >= 11 is 0. The summed E-state index contributed by atoms with van der Waals surface area (Å²) in [4.78, 5) is 17.9. The van der Waals surface area contributed by atoms with Gasteiger partial charge in [-0.3, -0.25) is 10.1 Å². The normalized spacial score (nSPS) is 10.1. The van der Waals surface area contributed by atoms with E-state index in [2.05, 4.69) is 9.97 Å². The van der Waals surface area contributed by atoms with Gasteiger partial charge in [-0.05, 0) is 18.6 Å². The van der Waals surface area contributed by atoms with Crippen molar-refractivity contribution in [3.05, 3.63) is 46.1 Å². The van der Waals surface area contributed by atoms with Crippen molar-refractivity contribution in [2.45, 2.75) is 6.92 Å². The number of rotatable bonds is 3. The summed E-state index contributed by atoms with van der Waals surface area (Å²) in [6.07, 6.45) is 1.41. The predicted molar refractivity (Wildman–Crippen MR) is 64.4 cm³/mol. The summed E-state index contributed by atoms with van der Waals surface area (Å²) in [5.74, 6) is 0.320. The van der Waals surface area contributed by atoms with Crippen molar-refractivity contribution in [2.24, 2.45) is 0 Å². The Labute approximate surface area is 102 Å². The molecule has 0 aliphatic carbocycles. The van der Waals surface area contributed by atoms with E-state index in [9.17, 15) is 10.1 Å². The Morgan fingerprint density at radius 2 is 2.17 bits per heavy atom. The van der Waals surface area contributed by atoms with Crippen molar-refractivity contribution in [2.75, 3.05) is 5.73 Å². The molecule has 0 bridgehead atoms. The number of hydrogen-bond acceptors (Lipinski definition) is 6. The van der Waals surface area contributed by atoms with Crippen LogP contribution in [0.4, 0.5) is 11.6 Å². The number of nitrogen functional groups attached to an aromatic ring is 1. The second kappa shape index (κ2) is 4.66. The molecule has 7 heteroatoms. The van der Waals surface area contributed by atoms with Crippen molar-refractivity contribution in [3.63, 3.8) is 0 Å². The number of anilines is 1. The Morgan fingerprint density at radius 3 is 2.83 bits per heavy atom. The molecular formula is C11H10N4O3. The fourth-order valence-corrected chi connectivity index (χ4v) is 1.38. The molecule has 0 saturated heterocycles. The Morgan fingerprint density at radius 1 is 1.39 bits per heavy atom. The number of nitro benzene ring substituents is 1. The molecule has 0 saturated carbocycles. The first-order chi connectivity index (χ1) is 8.56. The molecule has 0 aliphatic heterocycles. The van der Waals surface area contributed by atoms with Crippen LogP contribution < -0.4 is 10.5 Å². The molecule has 2 rings (SSSR count). The third kappa shape index (κ3) is 2.51. The first-order valence-electron chi connectivity index (χ1n) is 5.07. The van der Waals surface area contributed by atoms with Crippen LogP contribution in [0.15, 0.2) is 30.5 Å². The van der Waals surface area contributed by atoms with Crippen LogP contribution in [-0.2, 0) is 0 Å². The zero-order valence-electron chi connectivity index (χ0n) is 9.53. The van der Waals surface area contributed by atoms with Crippen molar-refractivity contribution < 1.29 is 9.66 Å². The van der Waals surface area contributed by atoms with Gasteiger partial charge in [0.15, 0.2) is 0 Å². The summed E-state index contributed by atoms with van der Waals surface area (Å²) in [7, 11) is 0. The predicted octanol–water partition coefficient (Wildman–Crippen LogP) is 2.07. The first kappa shape index (κ1) is 11.8. The van der Waals surface area contributed by atoms with Crippen LogP contribution in [-0.4, -0.2) is 14.9 Å². The first-order valence-corrected chi connectivity index (χ1v) is 5.07. The number of hydrogen-bond donors (Lipinski definition) is 1. The maximum atomic E-state index is 10.9. The molecule has 0 amide bonds. The maximum absolute atomic E-state index is 10.9. The smallest absolute Gasteiger partial charge is 0.311 e. The third-order valence-corrected chi connectivity index (χ3v) is 2.17. The zero-order valence-corrected chi connectivity index (χ0v) is 9.53. The zero-order chi connectivity index (χ0) is 13.1. The quantitative estimate of drug-likeness (QED) is 0.656. The van der Waals surface area contributed by atoms with Gasteiger partial charge in [-0.1, -0.05) is 6.07 Å². The molecule has 18 heavy (non-hydrogen) atoms. The van der Waals surface area contributed by atoms with Crippen molar-refractivity contribution in [3.8, 4) is 11.6 Å². The molecule has 0 unspecified atom stereocenters. The Hall–Kier alpha value is -2.70. The number of ether oxygens (including phenoxy) is 1. The van der Waals surface area contributed by atoms with Gasteiger partial charge in [0.1, 0.15) is 0 Å². The molecule has 0 fully saturated rings. The number of nitrogens with two attached hydrogens (primary N) is 1. The van der Waals surface area contributed by atoms with E-state index in [-0.39, 0.29) is 23.3 Å². The lowest BCUT2D eigenvalue weighted by Crippen LogP contribution is -1.98. The van der Waals surface area contributed by atoms with E-state index in [1.54, 1.807) is 13.0 Å². The molecule has 2 aromatic rings. The monoisotopic (exact) mass is 246 g/mol. The largest absolute Gasteiger partial charge is 0.432 e. The highest BCUT2D eigenvalue weighted by atomic mass is 16.6. The van der Waals surface area contributed by atoms with E-state index >= 15 is 0 Å². The number of nitrogens with zero attached hydrogens (tertiary/aromatic N) is 3. The molecule has 0 atom stereocenters. The summed E-state index contributed by atoms with van der Waals surface area (Å²) in [6, 6.07) is 6.14. The third-order valence-electron chi connectivity index (χ3n) is 2.17. The van der Waals surface area contributed by atoms with Crippen LogP contribution in [0, 0.1) is 17.0 Å². The molecular weight excluding hydrogens is 236 g/mol. The molecule has 92 valence electrons. The van der Waals surface area contributed by atoms with E-state index in [0.717, 1.165) is 5.56 Å². The highest BCUT2D eigenvalue weighted by Crippen LogP contribution is 2.31. The molecule has 0 spiro atoms. The molecule has 1 heterocycles. The fourth-order valence-electron chi connectivity index (χ4n) is 1.38. The minimum atomic E-state index is -0.507. The summed E-state index contributed by atoms with van der Waals surface area (Å²) in [5, 5.41) is 10.9. The van der Waals surface area contributed by atoms with Gasteiger partial charge in [-0.25, -0.2) is 4.98 Å². The van der Waals surface area contributed by atoms with Gasteiger partial charge in [-0.2, -0.15) is 4.98 Å². The van der Waals surface area contributed by atoms with Gasteiger partial charge in [0.25, 0.3) is 0 Å². The second-order valence-electron chi connectivity index (χ2n) is 3.58. The maximum Gasteiger partial charge on any atom is 0.311 e. The van der Waals surface area contributed by atoms with Crippen LogP contribution in [0.25, 0.3) is 0 Å². The topological polar surface area (TPSA) is 104 Å². The Balaban J connectivity index is 2.37. The van der Waals surface area contributed by atoms with Crippen LogP contribution in [0.2, 0.25) is 0 Å². The number of benzene rings is 1. The highest BCUT2D eigenvalue weighted by molar-refractivity contribution is 5.49. The molecule has 7 nitrogen and oxygen atoms in total. The fraction of sp³-hybridized carbons (Fsp3) is 0.0909. The van der Waals surface area contributed by atoms with Gasteiger partial charge in [0, 0.05) is 18.3 Å². The van der Waals surface area contributed by atoms with Crippen LogP contribution >= 0.6 is 0 Å². The van der Waals surface area contributed by atoms with Crippen molar-refractivity contribution >= 4 is 11.6 Å². The molecule has 0 aliphatic rings. The standard InChI is InChI=1S/C11H10N4O3/c1-7-2-3-9(8(6-7)15(16)17)18-10-4-5-13-11(12)14-10/h2-6H,1H3,(H2,12,13,14). The van der Waals surface area contributed by atoms with E-state index in [1.807, 2.05) is 0 Å². The van der Waals surface area contributed by atoms with E-state index in [4.69, 9.17) is 10.5 Å². The van der Waals surface area contributed by atoms with Gasteiger partial charge < -0.3 is 10.5 Å². The van der Waals surface area contributed by atoms with Crippen LogP contribution in [0.1, 0.15) is 5.56 Å². The van der Waals surface area contributed by atoms with E-state index < -0.39 is 4.92 Å². The number of nitro groups is 1. The van der Waals surface area contributed by atoms with Gasteiger partial charge in [0.2, 0.25) is 17.6 Å². The minimum absolute atomic E-state index is 0.0438. The molecule has 0 radical (unpaired) electrons. The lowest BCUT2D eigenvalue weighted by molar-refractivity contribution is -0.385. The average Bonchev–Trinajstić information content (AvgIpc) is 2.31. The number of aromatic nitrogens is 2. The van der Waals surface area contributed by atoms with Crippen LogP contribution in [0.5, 0.6) is 11.6 Å². The van der Waals surface area contributed by atoms with Crippen molar-refractivity contribution in [1.82, 2.24) is 9.97 Å². The average molecular weight is 246 g/mol. The Bertz CT molecular complexity index is 601. The summed E-state index contributed by atoms with van der Waals surface area (Å²) in [5.41, 5.74) is 6.05. The summed E-state index contributed by atoms with van der Waals surface area (Å²) < 4.78 is 5.33. The summed E-state index contributed by atoms with van der Waals surface area (Å²) in [6.45, 7) is 1.76. The lowest BCUT2D eigenvalue weighted by atomic mass is 10.2. The van der Waals surface area contributed by atoms with Crippen molar-refractivity contribution in [1.29, 1.82) is 0 Å². The lowest BCUT2D eigenvalue weighted by Gasteiger charge is -2.05. The van der Waals surface area contributed by atoms with Gasteiger partial charge >= 0.3 is 5.69 Å². The second-order valence-corrected chi connectivity index (χ2v) is 3.58. The van der Waals surface area contributed by atoms with Crippen LogP contribution in [0.3, 0.4) is 0 Å².